The first kappa shape index (κ1) is 16.2. The first-order valence-electron chi connectivity index (χ1n) is 9.37. The smallest absolute Gasteiger partial charge is 0.272 e. The standard InChI is InChI=1S/C20H22N6O/c1-13-6-7-21-20(22-13)25-11-15-9-24(10-16(15)12-25)19(27)18-14(2)23-17-5-3-4-8-26(17)18/h3-8,15-16H,9-12H2,1-2H3. The van der Waals surface area contributed by atoms with Gasteiger partial charge in [0.2, 0.25) is 5.95 Å². The van der Waals surface area contributed by atoms with E-state index in [-0.39, 0.29) is 5.91 Å². The lowest BCUT2D eigenvalue weighted by Crippen LogP contribution is -2.34. The summed E-state index contributed by atoms with van der Waals surface area (Å²) in [4.78, 5) is 30.9. The fraction of sp³-hybridized carbons (Fsp3) is 0.400. The van der Waals surface area contributed by atoms with E-state index in [2.05, 4.69) is 19.9 Å². The summed E-state index contributed by atoms with van der Waals surface area (Å²) in [6.07, 6.45) is 3.73. The number of imidazole rings is 1. The van der Waals surface area contributed by atoms with Gasteiger partial charge in [0.25, 0.3) is 5.91 Å². The number of anilines is 1. The molecule has 2 aliphatic heterocycles. The van der Waals surface area contributed by atoms with Gasteiger partial charge in [0.15, 0.2) is 0 Å². The van der Waals surface area contributed by atoms with Gasteiger partial charge < -0.3 is 9.80 Å². The van der Waals surface area contributed by atoms with Crippen molar-refractivity contribution in [3.8, 4) is 0 Å². The second kappa shape index (κ2) is 6.04. The fourth-order valence-corrected chi connectivity index (χ4v) is 4.43. The van der Waals surface area contributed by atoms with Crippen LogP contribution in [0.5, 0.6) is 0 Å². The molecule has 2 unspecified atom stereocenters. The molecule has 0 radical (unpaired) electrons. The van der Waals surface area contributed by atoms with Crippen molar-refractivity contribution >= 4 is 17.5 Å². The van der Waals surface area contributed by atoms with Crippen LogP contribution in [-0.2, 0) is 0 Å². The first-order valence-corrected chi connectivity index (χ1v) is 9.37. The lowest BCUT2D eigenvalue weighted by atomic mass is 10.0. The Balaban J connectivity index is 1.34. The highest BCUT2D eigenvalue weighted by atomic mass is 16.2. The number of hydrogen-bond donors (Lipinski definition) is 0. The minimum atomic E-state index is 0.0824. The lowest BCUT2D eigenvalue weighted by molar-refractivity contribution is 0.0775. The lowest BCUT2D eigenvalue weighted by Gasteiger charge is -2.22. The van der Waals surface area contributed by atoms with E-state index in [1.807, 2.05) is 59.8 Å². The third kappa shape index (κ3) is 2.65. The molecule has 5 heterocycles. The number of aromatic nitrogens is 4. The summed E-state index contributed by atoms with van der Waals surface area (Å²) >= 11 is 0. The Bertz CT molecular complexity index is 1010. The summed E-state index contributed by atoms with van der Waals surface area (Å²) < 4.78 is 1.90. The molecule has 0 aromatic carbocycles. The van der Waals surface area contributed by atoms with E-state index in [0.717, 1.165) is 49.2 Å². The molecule has 7 nitrogen and oxygen atoms in total. The summed E-state index contributed by atoms with van der Waals surface area (Å²) in [6, 6.07) is 7.73. The molecule has 1 amide bonds. The van der Waals surface area contributed by atoms with E-state index < -0.39 is 0 Å². The molecule has 27 heavy (non-hydrogen) atoms. The summed E-state index contributed by atoms with van der Waals surface area (Å²) in [5.41, 5.74) is 3.28. The molecule has 7 heteroatoms. The highest BCUT2D eigenvalue weighted by molar-refractivity contribution is 5.95. The van der Waals surface area contributed by atoms with Gasteiger partial charge in [0.1, 0.15) is 11.3 Å². The predicted molar refractivity (Wildman–Crippen MR) is 102 cm³/mol. The van der Waals surface area contributed by atoms with Crippen LogP contribution in [0.2, 0.25) is 0 Å². The van der Waals surface area contributed by atoms with Gasteiger partial charge in [0.05, 0.1) is 5.69 Å². The van der Waals surface area contributed by atoms with Crippen molar-refractivity contribution in [1.29, 1.82) is 0 Å². The number of pyridine rings is 1. The minimum Gasteiger partial charge on any atom is -0.340 e. The average Bonchev–Trinajstić information content (AvgIpc) is 3.31. The second-order valence-electron chi connectivity index (χ2n) is 7.61. The Morgan fingerprint density at radius 2 is 1.81 bits per heavy atom. The molecular weight excluding hydrogens is 340 g/mol. The number of hydrogen-bond acceptors (Lipinski definition) is 5. The Labute approximate surface area is 157 Å². The second-order valence-corrected chi connectivity index (χ2v) is 7.61. The van der Waals surface area contributed by atoms with E-state index in [1.54, 1.807) is 0 Å². The van der Waals surface area contributed by atoms with E-state index >= 15 is 0 Å². The van der Waals surface area contributed by atoms with E-state index in [9.17, 15) is 4.79 Å². The van der Waals surface area contributed by atoms with Gasteiger partial charge in [-0.1, -0.05) is 6.07 Å². The van der Waals surface area contributed by atoms with Gasteiger partial charge in [-0.3, -0.25) is 9.20 Å². The van der Waals surface area contributed by atoms with Crippen LogP contribution in [0.3, 0.4) is 0 Å². The monoisotopic (exact) mass is 362 g/mol. The first-order chi connectivity index (χ1) is 13.1. The number of carbonyl (C=O) groups is 1. The topological polar surface area (TPSA) is 66.6 Å². The molecule has 3 aromatic heterocycles. The Morgan fingerprint density at radius 3 is 2.56 bits per heavy atom. The Kier molecular flexibility index (Phi) is 3.63. The molecule has 2 saturated heterocycles. The molecule has 0 saturated carbocycles. The highest BCUT2D eigenvalue weighted by Crippen LogP contribution is 2.33. The molecule has 138 valence electrons. The zero-order valence-corrected chi connectivity index (χ0v) is 15.5. The van der Waals surface area contributed by atoms with Crippen LogP contribution in [0.15, 0.2) is 36.7 Å². The number of likely N-dealkylation sites (tertiary alicyclic amines) is 1. The number of rotatable bonds is 2. The molecule has 2 aliphatic rings. The van der Waals surface area contributed by atoms with Gasteiger partial charge in [-0.25, -0.2) is 15.0 Å². The van der Waals surface area contributed by atoms with Crippen LogP contribution >= 0.6 is 0 Å². The Morgan fingerprint density at radius 1 is 1.04 bits per heavy atom. The normalized spacial score (nSPS) is 21.9. The molecule has 2 fully saturated rings. The van der Waals surface area contributed by atoms with Crippen LogP contribution in [0.1, 0.15) is 21.9 Å². The van der Waals surface area contributed by atoms with Gasteiger partial charge >= 0.3 is 0 Å². The number of fused-ring (bicyclic) bond motifs is 2. The summed E-state index contributed by atoms with van der Waals surface area (Å²) in [7, 11) is 0. The highest BCUT2D eigenvalue weighted by Gasteiger charge is 2.43. The number of aryl methyl sites for hydroxylation is 2. The molecule has 0 aliphatic carbocycles. The summed E-state index contributed by atoms with van der Waals surface area (Å²) in [5.74, 6) is 1.83. The number of carbonyl (C=O) groups excluding carboxylic acids is 1. The third-order valence-corrected chi connectivity index (χ3v) is 5.75. The zero-order chi connectivity index (χ0) is 18.5. The van der Waals surface area contributed by atoms with Crippen molar-refractivity contribution in [2.24, 2.45) is 11.8 Å². The van der Waals surface area contributed by atoms with Crippen molar-refractivity contribution in [3.05, 3.63) is 53.7 Å². The maximum absolute atomic E-state index is 13.2. The van der Waals surface area contributed by atoms with Crippen molar-refractivity contribution in [1.82, 2.24) is 24.3 Å². The largest absolute Gasteiger partial charge is 0.340 e. The van der Waals surface area contributed by atoms with Crippen LogP contribution in [-0.4, -0.2) is 56.3 Å². The van der Waals surface area contributed by atoms with Crippen LogP contribution in [0, 0.1) is 25.7 Å². The maximum Gasteiger partial charge on any atom is 0.272 e. The molecule has 0 bridgehead atoms. The van der Waals surface area contributed by atoms with Gasteiger partial charge in [-0.05, 0) is 32.0 Å². The number of nitrogens with zero attached hydrogens (tertiary/aromatic N) is 6. The fourth-order valence-electron chi connectivity index (χ4n) is 4.43. The summed E-state index contributed by atoms with van der Waals surface area (Å²) in [5, 5.41) is 0. The molecule has 0 N–H and O–H groups in total. The molecule has 3 aromatic rings. The van der Waals surface area contributed by atoms with E-state index in [1.165, 1.54) is 0 Å². The molecular formula is C20H22N6O. The average molecular weight is 362 g/mol. The maximum atomic E-state index is 13.2. The van der Waals surface area contributed by atoms with Gasteiger partial charge in [-0.2, -0.15) is 0 Å². The van der Waals surface area contributed by atoms with Gasteiger partial charge in [0, 0.05) is 56.1 Å². The number of amides is 1. The van der Waals surface area contributed by atoms with Crippen molar-refractivity contribution in [3.63, 3.8) is 0 Å². The minimum absolute atomic E-state index is 0.0824. The van der Waals surface area contributed by atoms with Crippen LogP contribution in [0.25, 0.3) is 5.65 Å². The molecule has 5 rings (SSSR count). The predicted octanol–water partition coefficient (Wildman–Crippen LogP) is 1.95. The summed E-state index contributed by atoms with van der Waals surface area (Å²) in [6.45, 7) is 7.28. The molecule has 0 spiro atoms. The quantitative estimate of drug-likeness (QED) is 0.697. The Hall–Kier alpha value is -2.96. The van der Waals surface area contributed by atoms with Crippen molar-refractivity contribution < 1.29 is 4.79 Å². The zero-order valence-electron chi connectivity index (χ0n) is 15.5. The van der Waals surface area contributed by atoms with Crippen LogP contribution < -0.4 is 4.90 Å². The SMILES string of the molecule is Cc1ccnc(N2CC3CN(C(=O)c4c(C)nc5ccccn45)CC3C2)n1. The van der Waals surface area contributed by atoms with E-state index in [0.29, 0.717) is 17.5 Å². The van der Waals surface area contributed by atoms with Gasteiger partial charge in [-0.15, -0.1) is 0 Å². The van der Waals surface area contributed by atoms with E-state index in [4.69, 9.17) is 0 Å². The van der Waals surface area contributed by atoms with Crippen molar-refractivity contribution in [2.45, 2.75) is 13.8 Å². The van der Waals surface area contributed by atoms with Crippen molar-refractivity contribution in [2.75, 3.05) is 31.1 Å². The third-order valence-electron chi connectivity index (χ3n) is 5.75. The molecule has 2 atom stereocenters. The van der Waals surface area contributed by atoms with Crippen LogP contribution in [0.4, 0.5) is 5.95 Å².